The Hall–Kier alpha value is -3.76. The van der Waals surface area contributed by atoms with Gasteiger partial charge in [0.1, 0.15) is 11.5 Å². The number of hydrogen-bond donors (Lipinski definition) is 0. The van der Waals surface area contributed by atoms with Gasteiger partial charge < -0.3 is 18.8 Å². The minimum atomic E-state index is -0.243. The van der Waals surface area contributed by atoms with Crippen molar-refractivity contribution in [3.63, 3.8) is 0 Å². The number of unbranched alkanes of at least 4 members (excludes halogenated alkanes) is 5. The Balaban J connectivity index is 1.49. The molecular weight excluding hydrogens is 530 g/mol. The number of ether oxygens (including phenoxy) is 3. The molecule has 1 unspecified atom stereocenters. The van der Waals surface area contributed by atoms with Crippen molar-refractivity contribution < 1.29 is 14.2 Å². The molecule has 6 rings (SSSR count). The molecule has 1 saturated heterocycles. The molecule has 4 nitrogen and oxygen atoms in total. The zero-order valence-electron chi connectivity index (χ0n) is 26.0. The van der Waals surface area contributed by atoms with Crippen LogP contribution in [0.1, 0.15) is 75.8 Å². The highest BCUT2D eigenvalue weighted by molar-refractivity contribution is 6.14. The van der Waals surface area contributed by atoms with E-state index in [9.17, 15) is 0 Å². The molecule has 0 bridgehead atoms. The third-order valence-corrected chi connectivity index (χ3v) is 8.71. The lowest BCUT2D eigenvalue weighted by molar-refractivity contribution is -0.105. The Morgan fingerprint density at radius 2 is 1.63 bits per heavy atom. The maximum Gasteiger partial charge on any atom is 0.199 e. The molecule has 1 fully saturated rings. The summed E-state index contributed by atoms with van der Waals surface area (Å²) in [6.07, 6.45) is 10.3. The number of nitrogens with zero attached hydrogens (tertiary/aromatic N) is 1. The Kier molecular flexibility index (Phi) is 9.33. The zero-order chi connectivity index (χ0) is 29.6. The average molecular weight is 576 g/mol. The van der Waals surface area contributed by atoms with E-state index in [0.29, 0.717) is 0 Å². The molecule has 43 heavy (non-hydrogen) atoms. The minimum absolute atomic E-state index is 0.243. The van der Waals surface area contributed by atoms with Crippen LogP contribution >= 0.6 is 0 Å². The van der Waals surface area contributed by atoms with Crippen LogP contribution < -0.4 is 9.47 Å². The quantitative estimate of drug-likeness (QED) is 0.139. The van der Waals surface area contributed by atoms with E-state index in [1.54, 1.807) is 0 Å². The predicted octanol–water partition coefficient (Wildman–Crippen LogP) is 10.7. The topological polar surface area (TPSA) is 32.6 Å². The van der Waals surface area contributed by atoms with Crippen LogP contribution in [0.3, 0.4) is 0 Å². The third-order valence-electron chi connectivity index (χ3n) is 8.71. The van der Waals surface area contributed by atoms with Gasteiger partial charge in [0, 0.05) is 28.8 Å². The van der Waals surface area contributed by atoms with Gasteiger partial charge in [-0.25, -0.2) is 0 Å². The van der Waals surface area contributed by atoms with Crippen molar-refractivity contribution in [2.75, 3.05) is 13.2 Å². The van der Waals surface area contributed by atoms with Crippen molar-refractivity contribution in [2.24, 2.45) is 0 Å². The van der Waals surface area contributed by atoms with Gasteiger partial charge in [0.15, 0.2) is 6.29 Å². The van der Waals surface area contributed by atoms with E-state index in [1.165, 1.54) is 76.2 Å². The molecule has 1 aliphatic heterocycles. The van der Waals surface area contributed by atoms with Gasteiger partial charge in [-0.15, -0.1) is 0 Å². The first kappa shape index (κ1) is 29.3. The summed E-state index contributed by atoms with van der Waals surface area (Å²) in [7, 11) is 0. The van der Waals surface area contributed by atoms with Crippen LogP contribution in [0.4, 0.5) is 0 Å². The average Bonchev–Trinajstić information content (AvgIpc) is 3.35. The number of hydrogen-bond acceptors (Lipinski definition) is 3. The van der Waals surface area contributed by atoms with Crippen molar-refractivity contribution in [2.45, 2.75) is 84.8 Å². The summed E-state index contributed by atoms with van der Waals surface area (Å²) in [6, 6.07) is 28.4. The minimum Gasteiger partial charge on any atom is -0.494 e. The van der Waals surface area contributed by atoms with Gasteiger partial charge in [-0.3, -0.25) is 0 Å². The molecule has 5 aromatic rings. The van der Waals surface area contributed by atoms with E-state index in [2.05, 4.69) is 104 Å². The molecule has 4 aromatic carbocycles. The van der Waals surface area contributed by atoms with Crippen LogP contribution in [0, 0.1) is 13.8 Å². The highest BCUT2D eigenvalue weighted by atomic mass is 16.7. The van der Waals surface area contributed by atoms with Crippen molar-refractivity contribution in [3.05, 3.63) is 90.0 Å². The van der Waals surface area contributed by atoms with Gasteiger partial charge in [0.05, 0.1) is 29.9 Å². The standard InChI is InChI=1S/C39H45NO3/c1-4-5-6-7-8-12-24-41-30-21-23-37(43-38-19-11-13-25-42-38)36(27-30)40-35-26-28(2)20-22-32(35)34-18-14-17-33(39(34)40)31-16-10-9-15-29(31)3/h9-10,14-18,20-23,26-27,38H,4-8,11-13,19,24-25H2,1-3H3. The number of fused-ring (bicyclic) bond motifs is 3. The molecule has 0 spiro atoms. The van der Waals surface area contributed by atoms with Gasteiger partial charge in [-0.2, -0.15) is 0 Å². The third kappa shape index (κ3) is 6.45. The van der Waals surface area contributed by atoms with Gasteiger partial charge in [-0.05, 0) is 68.0 Å². The second kappa shape index (κ2) is 13.7. The van der Waals surface area contributed by atoms with Crippen LogP contribution in [0.5, 0.6) is 11.5 Å². The SMILES string of the molecule is CCCCCCCCOc1ccc(OC2CCCCO2)c(-n2c3cc(C)ccc3c3cccc(-c4ccccc4C)c32)c1. The summed E-state index contributed by atoms with van der Waals surface area (Å²) in [4.78, 5) is 0. The lowest BCUT2D eigenvalue weighted by atomic mass is 9.98. The Bertz CT molecular complexity index is 1680. The molecule has 0 saturated carbocycles. The monoisotopic (exact) mass is 575 g/mol. The maximum absolute atomic E-state index is 6.64. The molecule has 4 heteroatoms. The molecular formula is C39H45NO3. The Morgan fingerprint density at radius 3 is 2.47 bits per heavy atom. The fourth-order valence-corrected chi connectivity index (χ4v) is 6.40. The smallest absolute Gasteiger partial charge is 0.199 e. The van der Waals surface area contributed by atoms with Crippen LogP contribution in [-0.4, -0.2) is 24.1 Å². The predicted molar refractivity (Wildman–Crippen MR) is 179 cm³/mol. The second-order valence-electron chi connectivity index (χ2n) is 12.0. The fourth-order valence-electron chi connectivity index (χ4n) is 6.40. The summed E-state index contributed by atoms with van der Waals surface area (Å²) in [5.41, 5.74) is 8.26. The summed E-state index contributed by atoms with van der Waals surface area (Å²) in [6.45, 7) is 8.08. The summed E-state index contributed by atoms with van der Waals surface area (Å²) < 4.78 is 21.5. The molecule has 1 aliphatic rings. The van der Waals surface area contributed by atoms with Gasteiger partial charge >= 0.3 is 0 Å². The second-order valence-corrected chi connectivity index (χ2v) is 12.0. The maximum atomic E-state index is 6.64. The molecule has 0 N–H and O–H groups in total. The van der Waals surface area contributed by atoms with E-state index >= 15 is 0 Å². The number of benzene rings is 4. The van der Waals surface area contributed by atoms with Gasteiger partial charge in [-0.1, -0.05) is 93.6 Å². The molecule has 0 amide bonds. The van der Waals surface area contributed by atoms with E-state index in [0.717, 1.165) is 56.1 Å². The molecule has 224 valence electrons. The van der Waals surface area contributed by atoms with Crippen LogP contribution in [0.25, 0.3) is 38.6 Å². The van der Waals surface area contributed by atoms with Crippen LogP contribution in [0.15, 0.2) is 78.9 Å². The Labute approximate surface area is 256 Å². The number of aromatic nitrogens is 1. The van der Waals surface area contributed by atoms with Crippen molar-refractivity contribution in [1.82, 2.24) is 4.57 Å². The Morgan fingerprint density at radius 1 is 0.791 bits per heavy atom. The van der Waals surface area contributed by atoms with Gasteiger partial charge in [0.2, 0.25) is 0 Å². The molecule has 1 atom stereocenters. The van der Waals surface area contributed by atoms with Crippen molar-refractivity contribution in [3.8, 4) is 28.3 Å². The van der Waals surface area contributed by atoms with Crippen molar-refractivity contribution in [1.29, 1.82) is 0 Å². The van der Waals surface area contributed by atoms with E-state index in [4.69, 9.17) is 14.2 Å². The number of para-hydroxylation sites is 1. The first-order valence-corrected chi connectivity index (χ1v) is 16.3. The lowest BCUT2D eigenvalue weighted by Gasteiger charge is -2.25. The van der Waals surface area contributed by atoms with Crippen molar-refractivity contribution >= 4 is 21.8 Å². The number of rotatable bonds is 12. The summed E-state index contributed by atoms with van der Waals surface area (Å²) in [5.74, 6) is 1.69. The van der Waals surface area contributed by atoms with Crippen LogP contribution in [-0.2, 0) is 4.74 Å². The first-order valence-electron chi connectivity index (χ1n) is 16.3. The first-order chi connectivity index (χ1) is 21.1. The molecule has 0 aliphatic carbocycles. The summed E-state index contributed by atoms with van der Waals surface area (Å²) >= 11 is 0. The fraction of sp³-hybridized carbons (Fsp3) is 0.385. The number of aryl methyl sites for hydroxylation is 2. The summed E-state index contributed by atoms with van der Waals surface area (Å²) in [5, 5.41) is 2.46. The van der Waals surface area contributed by atoms with Gasteiger partial charge in [0.25, 0.3) is 0 Å². The highest BCUT2D eigenvalue weighted by Crippen LogP contribution is 2.42. The molecule has 1 aromatic heterocycles. The normalized spacial score (nSPS) is 15.3. The zero-order valence-corrected chi connectivity index (χ0v) is 26.0. The van der Waals surface area contributed by atoms with Crippen LogP contribution in [0.2, 0.25) is 0 Å². The van der Waals surface area contributed by atoms with E-state index in [1.807, 2.05) is 0 Å². The highest BCUT2D eigenvalue weighted by Gasteiger charge is 2.23. The molecule has 2 heterocycles. The lowest BCUT2D eigenvalue weighted by Crippen LogP contribution is -2.25. The molecule has 0 radical (unpaired) electrons. The van der Waals surface area contributed by atoms with E-state index in [-0.39, 0.29) is 6.29 Å². The largest absolute Gasteiger partial charge is 0.494 e. The van der Waals surface area contributed by atoms with E-state index < -0.39 is 0 Å².